The van der Waals surface area contributed by atoms with Gasteiger partial charge in [0.1, 0.15) is 0 Å². The van der Waals surface area contributed by atoms with E-state index in [0.29, 0.717) is 18.6 Å². The lowest BCUT2D eigenvalue weighted by Gasteiger charge is -2.05. The summed E-state index contributed by atoms with van der Waals surface area (Å²) in [6.07, 6.45) is 3.49. The van der Waals surface area contributed by atoms with Gasteiger partial charge in [-0.1, -0.05) is 30.3 Å². The van der Waals surface area contributed by atoms with Gasteiger partial charge in [0.2, 0.25) is 0 Å². The third-order valence-electron chi connectivity index (χ3n) is 3.29. The van der Waals surface area contributed by atoms with E-state index < -0.39 is 5.97 Å². The summed E-state index contributed by atoms with van der Waals surface area (Å²) in [6, 6.07) is 12.3. The molecule has 2 aromatic rings. The van der Waals surface area contributed by atoms with Crippen LogP contribution in [0.5, 0.6) is 11.5 Å². The minimum Gasteiger partial charge on any atom is -0.504 e. The summed E-state index contributed by atoms with van der Waals surface area (Å²) in [6.45, 7) is 2.34. The normalized spacial score (nSPS) is 10.8. The molecule has 0 atom stereocenters. The van der Waals surface area contributed by atoms with Crippen molar-refractivity contribution in [1.82, 2.24) is 0 Å². The molecule has 0 aliphatic carbocycles. The van der Waals surface area contributed by atoms with Gasteiger partial charge >= 0.3 is 5.97 Å². The van der Waals surface area contributed by atoms with Gasteiger partial charge in [0.25, 0.3) is 0 Å². The number of hydrogen-bond acceptors (Lipinski definition) is 4. The zero-order chi connectivity index (χ0) is 15.9. The molecule has 0 aliphatic rings. The van der Waals surface area contributed by atoms with E-state index in [2.05, 4.69) is 0 Å². The molecule has 2 N–H and O–H groups in total. The van der Waals surface area contributed by atoms with Crippen molar-refractivity contribution >= 4 is 12.0 Å². The highest BCUT2D eigenvalue weighted by molar-refractivity contribution is 5.87. The molecule has 0 unspecified atom stereocenters. The topological polar surface area (TPSA) is 66.8 Å². The summed E-state index contributed by atoms with van der Waals surface area (Å²) < 4.78 is 5.14. The lowest BCUT2D eigenvalue weighted by Crippen LogP contribution is -2.05. The number of phenols is 2. The first kappa shape index (κ1) is 15.6. The predicted octanol–water partition coefficient (Wildman–Crippen LogP) is 3.21. The third kappa shape index (κ3) is 4.38. The number of carbonyl (C=O) groups excluding carboxylic acids is 1. The number of ether oxygens (including phenoxy) is 1. The molecule has 22 heavy (non-hydrogen) atoms. The fraction of sp³-hybridized carbons (Fsp3) is 0.167. The van der Waals surface area contributed by atoms with E-state index in [0.717, 1.165) is 5.56 Å². The number of aromatic hydroxyl groups is 2. The number of benzene rings is 2. The SMILES string of the molecule is Cc1ccccc1CCOC(=O)/C=C/c1ccc(O)c(O)c1. The van der Waals surface area contributed by atoms with Gasteiger partial charge in [-0.3, -0.25) is 0 Å². The Morgan fingerprint density at radius 1 is 1.14 bits per heavy atom. The maximum atomic E-state index is 11.6. The quantitative estimate of drug-likeness (QED) is 0.505. The number of rotatable bonds is 5. The maximum Gasteiger partial charge on any atom is 0.330 e. The van der Waals surface area contributed by atoms with Crippen molar-refractivity contribution in [1.29, 1.82) is 0 Å². The Morgan fingerprint density at radius 2 is 1.91 bits per heavy atom. The predicted molar refractivity (Wildman–Crippen MR) is 84.6 cm³/mol. The van der Waals surface area contributed by atoms with Crippen LogP contribution < -0.4 is 0 Å². The molecule has 0 heterocycles. The fourth-order valence-electron chi connectivity index (χ4n) is 2.01. The van der Waals surface area contributed by atoms with Crippen molar-refractivity contribution in [2.45, 2.75) is 13.3 Å². The van der Waals surface area contributed by atoms with Crippen LogP contribution in [-0.4, -0.2) is 22.8 Å². The molecular formula is C18H18O4. The Balaban J connectivity index is 1.84. The highest BCUT2D eigenvalue weighted by Crippen LogP contribution is 2.25. The summed E-state index contributed by atoms with van der Waals surface area (Å²) >= 11 is 0. The first-order valence-corrected chi connectivity index (χ1v) is 6.97. The standard InChI is InChI=1S/C18H18O4/c1-13-4-2-3-5-15(13)10-11-22-18(21)9-7-14-6-8-16(19)17(20)12-14/h2-9,12,19-20H,10-11H2,1H3/b9-7+. The van der Waals surface area contributed by atoms with Crippen molar-refractivity contribution in [2.24, 2.45) is 0 Å². The van der Waals surface area contributed by atoms with Crippen LogP contribution in [0.4, 0.5) is 0 Å². The summed E-state index contributed by atoms with van der Waals surface area (Å²) in [5, 5.41) is 18.6. The first-order chi connectivity index (χ1) is 10.6. The highest BCUT2D eigenvalue weighted by atomic mass is 16.5. The van der Waals surface area contributed by atoms with Crippen LogP contribution in [0.2, 0.25) is 0 Å². The summed E-state index contributed by atoms with van der Waals surface area (Å²) in [5.41, 5.74) is 2.93. The van der Waals surface area contributed by atoms with Gasteiger partial charge in [-0.05, 0) is 41.8 Å². The molecule has 0 saturated heterocycles. The van der Waals surface area contributed by atoms with E-state index in [1.807, 2.05) is 31.2 Å². The van der Waals surface area contributed by atoms with Crippen LogP contribution >= 0.6 is 0 Å². The Morgan fingerprint density at radius 3 is 2.64 bits per heavy atom. The molecule has 0 radical (unpaired) electrons. The van der Waals surface area contributed by atoms with Crippen LogP contribution in [0.1, 0.15) is 16.7 Å². The summed E-state index contributed by atoms with van der Waals surface area (Å²) in [4.78, 5) is 11.6. The van der Waals surface area contributed by atoms with E-state index in [1.54, 1.807) is 6.07 Å². The van der Waals surface area contributed by atoms with Gasteiger partial charge in [0.05, 0.1) is 6.61 Å². The molecule has 0 spiro atoms. The Labute approximate surface area is 129 Å². The van der Waals surface area contributed by atoms with Gasteiger partial charge in [0, 0.05) is 12.5 Å². The van der Waals surface area contributed by atoms with Gasteiger partial charge in [0.15, 0.2) is 11.5 Å². The maximum absolute atomic E-state index is 11.6. The van der Waals surface area contributed by atoms with Crippen molar-refractivity contribution in [3.63, 3.8) is 0 Å². The van der Waals surface area contributed by atoms with Crippen LogP contribution in [0.15, 0.2) is 48.5 Å². The van der Waals surface area contributed by atoms with Crippen molar-refractivity contribution in [3.8, 4) is 11.5 Å². The summed E-state index contributed by atoms with van der Waals surface area (Å²) in [7, 11) is 0. The first-order valence-electron chi connectivity index (χ1n) is 6.97. The second-order valence-corrected chi connectivity index (χ2v) is 4.93. The molecule has 2 aromatic carbocycles. The molecule has 2 rings (SSSR count). The fourth-order valence-corrected chi connectivity index (χ4v) is 2.01. The van der Waals surface area contributed by atoms with Crippen molar-refractivity contribution in [3.05, 3.63) is 65.2 Å². The van der Waals surface area contributed by atoms with Crippen LogP contribution in [0, 0.1) is 6.92 Å². The highest BCUT2D eigenvalue weighted by Gasteiger charge is 2.02. The Bertz CT molecular complexity index is 689. The largest absolute Gasteiger partial charge is 0.504 e. The van der Waals surface area contributed by atoms with Crippen LogP contribution in [0.3, 0.4) is 0 Å². The molecule has 0 aromatic heterocycles. The molecular weight excluding hydrogens is 280 g/mol. The van der Waals surface area contributed by atoms with Gasteiger partial charge in [-0.2, -0.15) is 0 Å². The third-order valence-corrected chi connectivity index (χ3v) is 3.29. The zero-order valence-electron chi connectivity index (χ0n) is 12.3. The van der Waals surface area contributed by atoms with Crippen LogP contribution in [-0.2, 0) is 16.0 Å². The van der Waals surface area contributed by atoms with Crippen molar-refractivity contribution < 1.29 is 19.7 Å². The number of aryl methyl sites for hydroxylation is 1. The Hall–Kier alpha value is -2.75. The molecule has 0 fully saturated rings. The number of esters is 1. The van der Waals surface area contributed by atoms with E-state index in [1.165, 1.54) is 29.8 Å². The molecule has 4 heteroatoms. The number of hydrogen-bond donors (Lipinski definition) is 2. The number of phenolic OH excluding ortho intramolecular Hbond substituents is 2. The average molecular weight is 298 g/mol. The number of carbonyl (C=O) groups is 1. The lowest BCUT2D eigenvalue weighted by atomic mass is 10.1. The molecule has 4 nitrogen and oxygen atoms in total. The van der Waals surface area contributed by atoms with Crippen molar-refractivity contribution in [2.75, 3.05) is 6.61 Å². The summed E-state index contributed by atoms with van der Waals surface area (Å²) in [5.74, 6) is -0.867. The molecule has 0 amide bonds. The average Bonchev–Trinajstić information content (AvgIpc) is 2.50. The monoisotopic (exact) mass is 298 g/mol. The van der Waals surface area contributed by atoms with E-state index in [4.69, 9.17) is 4.74 Å². The zero-order valence-corrected chi connectivity index (χ0v) is 12.3. The van der Waals surface area contributed by atoms with E-state index >= 15 is 0 Å². The van der Waals surface area contributed by atoms with Gasteiger partial charge in [-0.15, -0.1) is 0 Å². The second-order valence-electron chi connectivity index (χ2n) is 4.93. The smallest absolute Gasteiger partial charge is 0.330 e. The second kappa shape index (κ2) is 7.31. The molecule has 0 bridgehead atoms. The van der Waals surface area contributed by atoms with Crippen LogP contribution in [0.25, 0.3) is 6.08 Å². The van der Waals surface area contributed by atoms with E-state index in [9.17, 15) is 15.0 Å². The minimum absolute atomic E-state index is 0.196. The Kier molecular flexibility index (Phi) is 5.20. The molecule has 114 valence electrons. The van der Waals surface area contributed by atoms with Gasteiger partial charge in [-0.25, -0.2) is 4.79 Å². The molecule has 0 saturated carbocycles. The lowest BCUT2D eigenvalue weighted by molar-refractivity contribution is -0.137. The minimum atomic E-state index is -0.443. The molecule has 0 aliphatic heterocycles. The van der Waals surface area contributed by atoms with E-state index in [-0.39, 0.29) is 11.5 Å². The van der Waals surface area contributed by atoms with Gasteiger partial charge < -0.3 is 14.9 Å².